The van der Waals surface area contributed by atoms with Gasteiger partial charge in [0, 0.05) is 15.4 Å². The number of benzene rings is 2. The van der Waals surface area contributed by atoms with Crippen LogP contribution in [-0.4, -0.2) is 36.4 Å². The number of para-hydroxylation sites is 1. The van der Waals surface area contributed by atoms with Crippen LogP contribution in [0.5, 0.6) is 11.5 Å². The van der Waals surface area contributed by atoms with E-state index in [-0.39, 0.29) is 11.5 Å². The number of carboxylic acids is 1. The van der Waals surface area contributed by atoms with Crippen molar-refractivity contribution in [3.8, 4) is 11.5 Å². The number of hydrogen-bond acceptors (Lipinski definition) is 6. The minimum absolute atomic E-state index is 0.0857. The number of nitrogens with zero attached hydrogens (tertiary/aromatic N) is 1. The molecule has 0 spiro atoms. The monoisotopic (exact) mass is 538 g/mol. The van der Waals surface area contributed by atoms with Gasteiger partial charge in [0.15, 0.2) is 23.4 Å². The van der Waals surface area contributed by atoms with Crippen LogP contribution >= 0.6 is 31.9 Å². The Hall–Kier alpha value is -2.85. The number of rotatable bonds is 7. The molecule has 30 heavy (non-hydrogen) atoms. The summed E-state index contributed by atoms with van der Waals surface area (Å²) < 4.78 is 17.9. The Labute approximate surface area is 188 Å². The Kier molecular flexibility index (Phi) is 6.78. The SMILES string of the molecule is COc1cccc(/C=N\NC(=O)c2cc3cc(Br)cc(Br)c3o2)c1O[C@H](C)C(=O)O. The number of nitrogens with one attached hydrogen (secondary N) is 1. The quantitative estimate of drug-likeness (QED) is 0.336. The number of carbonyl (C=O) groups excluding carboxylic acids is 1. The van der Waals surface area contributed by atoms with Crippen LogP contribution in [0.25, 0.3) is 11.0 Å². The van der Waals surface area contributed by atoms with E-state index in [1.807, 2.05) is 12.1 Å². The Morgan fingerprint density at radius 1 is 1.27 bits per heavy atom. The largest absolute Gasteiger partial charge is 0.493 e. The molecule has 1 heterocycles. The number of amides is 1. The lowest BCUT2D eigenvalue weighted by Gasteiger charge is -2.15. The standard InChI is InChI=1S/C20H16Br2N2O6/c1-10(20(26)27)29-18-11(4-3-5-15(18)28-2)9-23-24-19(25)16-7-12-6-13(21)8-14(22)17(12)30-16/h3-10H,1-2H3,(H,24,25)(H,26,27)/b23-9-/t10-/m1/s1. The van der Waals surface area contributed by atoms with Gasteiger partial charge in [0.25, 0.3) is 0 Å². The summed E-state index contributed by atoms with van der Waals surface area (Å²) in [7, 11) is 1.44. The van der Waals surface area contributed by atoms with Gasteiger partial charge in [0.1, 0.15) is 5.58 Å². The molecule has 0 fully saturated rings. The number of hydrazone groups is 1. The molecule has 3 aromatic rings. The molecule has 2 aromatic carbocycles. The van der Waals surface area contributed by atoms with Gasteiger partial charge in [0.05, 0.1) is 17.8 Å². The van der Waals surface area contributed by atoms with Gasteiger partial charge < -0.3 is 19.0 Å². The van der Waals surface area contributed by atoms with Crippen LogP contribution in [0.2, 0.25) is 0 Å². The van der Waals surface area contributed by atoms with Gasteiger partial charge in [-0.15, -0.1) is 0 Å². The van der Waals surface area contributed by atoms with E-state index in [1.165, 1.54) is 20.2 Å². The molecule has 1 aromatic heterocycles. The molecule has 3 rings (SSSR count). The average molecular weight is 540 g/mol. The maximum atomic E-state index is 12.4. The predicted octanol–water partition coefficient (Wildman–Crippen LogP) is 4.58. The summed E-state index contributed by atoms with van der Waals surface area (Å²) >= 11 is 6.78. The molecular weight excluding hydrogens is 524 g/mol. The third kappa shape index (κ3) is 4.82. The molecular formula is C20H16Br2N2O6. The first-order valence-electron chi connectivity index (χ1n) is 8.58. The van der Waals surface area contributed by atoms with Crippen molar-refractivity contribution in [3.05, 3.63) is 56.7 Å². The summed E-state index contributed by atoms with van der Waals surface area (Å²) in [6, 6.07) is 10.2. The van der Waals surface area contributed by atoms with E-state index in [9.17, 15) is 9.59 Å². The zero-order valence-corrected chi connectivity index (χ0v) is 19.0. The maximum Gasteiger partial charge on any atom is 0.344 e. The van der Waals surface area contributed by atoms with Crippen molar-refractivity contribution >= 4 is 60.9 Å². The second-order valence-corrected chi connectivity index (χ2v) is 7.86. The molecule has 0 unspecified atom stereocenters. The topological polar surface area (TPSA) is 110 Å². The lowest BCUT2D eigenvalue weighted by atomic mass is 10.2. The lowest BCUT2D eigenvalue weighted by molar-refractivity contribution is -0.144. The van der Waals surface area contributed by atoms with Crippen molar-refractivity contribution in [1.29, 1.82) is 0 Å². The molecule has 1 amide bonds. The highest BCUT2D eigenvalue weighted by molar-refractivity contribution is 9.11. The number of methoxy groups -OCH3 is 1. The molecule has 156 valence electrons. The number of halogens is 2. The van der Waals surface area contributed by atoms with Gasteiger partial charge in [-0.05, 0) is 53.2 Å². The molecule has 10 heteroatoms. The van der Waals surface area contributed by atoms with Crippen LogP contribution in [0.1, 0.15) is 23.0 Å². The van der Waals surface area contributed by atoms with Crippen molar-refractivity contribution in [2.24, 2.45) is 5.10 Å². The van der Waals surface area contributed by atoms with Crippen molar-refractivity contribution in [1.82, 2.24) is 5.43 Å². The van der Waals surface area contributed by atoms with Crippen LogP contribution in [0.4, 0.5) is 0 Å². The number of hydrogen-bond donors (Lipinski definition) is 2. The van der Waals surface area contributed by atoms with Crippen LogP contribution in [0.15, 0.2) is 54.9 Å². The van der Waals surface area contributed by atoms with Gasteiger partial charge in [-0.25, -0.2) is 10.2 Å². The highest BCUT2D eigenvalue weighted by Crippen LogP contribution is 2.32. The first-order valence-corrected chi connectivity index (χ1v) is 10.2. The van der Waals surface area contributed by atoms with Gasteiger partial charge in [0.2, 0.25) is 0 Å². The van der Waals surface area contributed by atoms with E-state index < -0.39 is 18.0 Å². The Bertz CT molecular complexity index is 1140. The number of carbonyl (C=O) groups is 2. The molecule has 0 saturated carbocycles. The van der Waals surface area contributed by atoms with Gasteiger partial charge in [-0.3, -0.25) is 4.79 Å². The number of aliphatic carboxylic acids is 1. The molecule has 0 aliphatic carbocycles. The second-order valence-electron chi connectivity index (χ2n) is 6.09. The van der Waals surface area contributed by atoms with Gasteiger partial charge in [-0.2, -0.15) is 5.10 Å². The summed E-state index contributed by atoms with van der Waals surface area (Å²) in [6.45, 7) is 1.40. The van der Waals surface area contributed by atoms with Crippen LogP contribution in [-0.2, 0) is 4.79 Å². The first-order chi connectivity index (χ1) is 14.3. The molecule has 8 nitrogen and oxygen atoms in total. The van der Waals surface area contributed by atoms with Crippen LogP contribution < -0.4 is 14.9 Å². The lowest BCUT2D eigenvalue weighted by Crippen LogP contribution is -2.23. The number of ether oxygens (including phenoxy) is 2. The molecule has 0 radical (unpaired) electrons. The third-order valence-electron chi connectivity index (χ3n) is 4.00. The Morgan fingerprint density at radius 2 is 2.03 bits per heavy atom. The predicted molar refractivity (Wildman–Crippen MR) is 117 cm³/mol. The fourth-order valence-corrected chi connectivity index (χ4v) is 3.89. The zero-order chi connectivity index (χ0) is 21.8. The van der Waals surface area contributed by atoms with E-state index in [0.717, 1.165) is 9.86 Å². The maximum absolute atomic E-state index is 12.4. The first kappa shape index (κ1) is 21.8. The third-order valence-corrected chi connectivity index (χ3v) is 5.05. The fourth-order valence-electron chi connectivity index (χ4n) is 2.55. The second kappa shape index (κ2) is 9.31. The van der Waals surface area contributed by atoms with E-state index >= 15 is 0 Å². The minimum Gasteiger partial charge on any atom is -0.493 e. The van der Waals surface area contributed by atoms with E-state index in [4.69, 9.17) is 19.0 Å². The molecule has 0 aliphatic heterocycles. The normalized spacial score (nSPS) is 12.1. The van der Waals surface area contributed by atoms with Crippen LogP contribution in [0, 0.1) is 0 Å². The molecule has 0 bridgehead atoms. The van der Waals surface area contributed by atoms with Crippen molar-refractivity contribution in [2.75, 3.05) is 7.11 Å². The van der Waals surface area contributed by atoms with E-state index in [0.29, 0.717) is 21.4 Å². The Balaban J connectivity index is 1.80. The summed E-state index contributed by atoms with van der Waals surface area (Å²) in [6.07, 6.45) is 0.232. The summed E-state index contributed by atoms with van der Waals surface area (Å²) in [5, 5.41) is 13.8. The molecule has 2 N–H and O–H groups in total. The van der Waals surface area contributed by atoms with Crippen molar-refractivity contribution in [2.45, 2.75) is 13.0 Å². The highest BCUT2D eigenvalue weighted by atomic mass is 79.9. The van der Waals surface area contributed by atoms with E-state index in [2.05, 4.69) is 42.4 Å². The number of fused-ring (bicyclic) bond motifs is 1. The minimum atomic E-state index is -1.13. The number of carboxylic acid groups (broad SMARTS) is 1. The van der Waals surface area contributed by atoms with E-state index in [1.54, 1.807) is 24.3 Å². The van der Waals surface area contributed by atoms with Crippen LogP contribution in [0.3, 0.4) is 0 Å². The zero-order valence-electron chi connectivity index (χ0n) is 15.8. The van der Waals surface area contributed by atoms with Crippen molar-refractivity contribution in [3.63, 3.8) is 0 Å². The number of furan rings is 1. The summed E-state index contributed by atoms with van der Waals surface area (Å²) in [4.78, 5) is 23.5. The van der Waals surface area contributed by atoms with Gasteiger partial charge >= 0.3 is 11.9 Å². The molecule has 0 aliphatic rings. The smallest absolute Gasteiger partial charge is 0.344 e. The fraction of sp³-hybridized carbons (Fsp3) is 0.150. The van der Waals surface area contributed by atoms with Crippen molar-refractivity contribution < 1.29 is 28.6 Å². The highest BCUT2D eigenvalue weighted by Gasteiger charge is 2.18. The molecule has 1 atom stereocenters. The summed E-state index contributed by atoms with van der Waals surface area (Å²) in [5.74, 6) is -1.05. The Morgan fingerprint density at radius 3 is 2.73 bits per heavy atom. The average Bonchev–Trinajstić information content (AvgIpc) is 3.13. The van der Waals surface area contributed by atoms with Gasteiger partial charge in [-0.1, -0.05) is 22.0 Å². The molecule has 0 saturated heterocycles. The summed E-state index contributed by atoms with van der Waals surface area (Å²) in [5.41, 5.74) is 3.35.